The molecule has 0 radical (unpaired) electrons. The average molecular weight is 251 g/mol. The Bertz CT molecular complexity index is 513. The van der Waals surface area contributed by atoms with Crippen molar-refractivity contribution in [3.8, 4) is 22.1 Å². The summed E-state index contributed by atoms with van der Waals surface area (Å²) in [4.78, 5) is 0. The van der Waals surface area contributed by atoms with Gasteiger partial charge in [-0.3, -0.25) is 0 Å². The van der Waals surface area contributed by atoms with Crippen molar-refractivity contribution in [1.29, 1.82) is 0 Å². The summed E-state index contributed by atoms with van der Waals surface area (Å²) in [5.74, 6) is 1.48. The molecule has 0 unspecified atom stereocenters. The summed E-state index contributed by atoms with van der Waals surface area (Å²) in [6.45, 7) is 0. The predicted molar refractivity (Wildman–Crippen MR) is 68.0 cm³/mol. The normalized spacial score (nSPS) is 10.1. The van der Waals surface area contributed by atoms with Gasteiger partial charge in [-0.15, -0.1) is 10.2 Å². The Balaban J connectivity index is 2.43. The molecule has 2 aromatic rings. The molecule has 1 aromatic heterocycles. The summed E-state index contributed by atoms with van der Waals surface area (Å²) in [7, 11) is 5.06. The number of hydrogen-bond acceptors (Lipinski definition) is 6. The lowest BCUT2D eigenvalue weighted by Crippen LogP contribution is -1.90. The van der Waals surface area contributed by atoms with E-state index in [0.29, 0.717) is 0 Å². The van der Waals surface area contributed by atoms with Gasteiger partial charge in [-0.1, -0.05) is 11.3 Å². The van der Waals surface area contributed by atoms with E-state index in [0.717, 1.165) is 27.2 Å². The third kappa shape index (κ3) is 2.31. The van der Waals surface area contributed by atoms with Crippen LogP contribution in [0, 0.1) is 0 Å². The molecule has 0 aliphatic rings. The van der Waals surface area contributed by atoms with Gasteiger partial charge >= 0.3 is 0 Å². The smallest absolute Gasteiger partial charge is 0.205 e. The van der Waals surface area contributed by atoms with Crippen LogP contribution in [0.5, 0.6) is 11.5 Å². The second-order valence-electron chi connectivity index (χ2n) is 3.23. The number of nitrogens with one attached hydrogen (secondary N) is 1. The molecule has 1 N–H and O–H groups in total. The third-order valence-electron chi connectivity index (χ3n) is 2.28. The van der Waals surface area contributed by atoms with Crippen LogP contribution in [0.15, 0.2) is 18.2 Å². The van der Waals surface area contributed by atoms with Crippen LogP contribution in [0.4, 0.5) is 5.13 Å². The van der Waals surface area contributed by atoms with Gasteiger partial charge < -0.3 is 14.8 Å². The first kappa shape index (κ1) is 11.7. The molecule has 5 nitrogen and oxygen atoms in total. The molecule has 90 valence electrons. The van der Waals surface area contributed by atoms with Crippen molar-refractivity contribution in [3.63, 3.8) is 0 Å². The fourth-order valence-electron chi connectivity index (χ4n) is 1.41. The molecule has 0 aliphatic carbocycles. The zero-order valence-electron chi connectivity index (χ0n) is 9.85. The molecule has 6 heteroatoms. The molecule has 0 aliphatic heterocycles. The van der Waals surface area contributed by atoms with Crippen molar-refractivity contribution >= 4 is 16.5 Å². The van der Waals surface area contributed by atoms with Crippen LogP contribution in [0.3, 0.4) is 0 Å². The molecule has 17 heavy (non-hydrogen) atoms. The number of benzene rings is 1. The number of methoxy groups -OCH3 is 2. The highest BCUT2D eigenvalue weighted by atomic mass is 32.1. The second-order valence-corrected chi connectivity index (χ2v) is 4.21. The lowest BCUT2D eigenvalue weighted by atomic mass is 10.2. The lowest BCUT2D eigenvalue weighted by molar-refractivity contribution is 0.395. The monoisotopic (exact) mass is 251 g/mol. The number of aromatic nitrogens is 2. The van der Waals surface area contributed by atoms with Gasteiger partial charge in [0.25, 0.3) is 0 Å². The number of ether oxygens (including phenoxy) is 2. The van der Waals surface area contributed by atoms with Crippen LogP contribution >= 0.6 is 11.3 Å². The Hall–Kier alpha value is -1.82. The van der Waals surface area contributed by atoms with Gasteiger partial charge in [-0.05, 0) is 12.1 Å². The molecule has 0 saturated carbocycles. The van der Waals surface area contributed by atoms with Crippen LogP contribution in [-0.4, -0.2) is 31.5 Å². The summed E-state index contributed by atoms with van der Waals surface area (Å²) < 4.78 is 10.5. The topological polar surface area (TPSA) is 56.3 Å². The van der Waals surface area contributed by atoms with Crippen LogP contribution in [0.25, 0.3) is 10.6 Å². The van der Waals surface area contributed by atoms with E-state index in [9.17, 15) is 0 Å². The lowest BCUT2D eigenvalue weighted by Gasteiger charge is -2.07. The zero-order chi connectivity index (χ0) is 12.3. The molecule has 0 spiro atoms. The molecule has 2 rings (SSSR count). The highest BCUT2D eigenvalue weighted by Gasteiger charge is 2.12. The third-order valence-corrected chi connectivity index (χ3v) is 3.25. The number of nitrogens with zero attached hydrogens (tertiary/aromatic N) is 2. The largest absolute Gasteiger partial charge is 0.497 e. The van der Waals surface area contributed by atoms with E-state index in [1.54, 1.807) is 14.2 Å². The maximum Gasteiger partial charge on any atom is 0.205 e. The summed E-state index contributed by atoms with van der Waals surface area (Å²) in [5, 5.41) is 12.7. The minimum absolute atomic E-state index is 0.725. The van der Waals surface area contributed by atoms with Crippen LogP contribution in [0.1, 0.15) is 0 Å². The van der Waals surface area contributed by atoms with Crippen molar-refractivity contribution in [3.05, 3.63) is 18.2 Å². The van der Waals surface area contributed by atoms with Crippen molar-refractivity contribution in [2.24, 2.45) is 0 Å². The molecular weight excluding hydrogens is 238 g/mol. The average Bonchev–Trinajstić information content (AvgIpc) is 2.86. The Labute approximate surface area is 103 Å². The van der Waals surface area contributed by atoms with E-state index in [1.807, 2.05) is 25.2 Å². The fourth-order valence-corrected chi connectivity index (χ4v) is 2.14. The standard InChI is InChI=1S/C11H13N3O2S/c1-12-11-14-13-10(17-11)8-5-4-7(15-2)6-9(8)16-3/h4-6H,1-3H3,(H,12,14). The second kappa shape index (κ2) is 5.01. The summed E-state index contributed by atoms with van der Waals surface area (Å²) in [6.07, 6.45) is 0. The van der Waals surface area contributed by atoms with Gasteiger partial charge in [-0.25, -0.2) is 0 Å². The van der Waals surface area contributed by atoms with Crippen molar-refractivity contribution < 1.29 is 9.47 Å². The van der Waals surface area contributed by atoms with E-state index in [-0.39, 0.29) is 0 Å². The molecule has 0 amide bonds. The minimum atomic E-state index is 0.725. The molecule has 0 saturated heterocycles. The molecule has 0 atom stereocenters. The fraction of sp³-hybridized carbons (Fsp3) is 0.273. The van der Waals surface area contributed by atoms with Gasteiger partial charge in [0.15, 0.2) is 5.01 Å². The van der Waals surface area contributed by atoms with E-state index in [4.69, 9.17) is 9.47 Å². The van der Waals surface area contributed by atoms with Gasteiger partial charge in [0.1, 0.15) is 11.5 Å². The zero-order valence-corrected chi connectivity index (χ0v) is 10.7. The summed E-state index contributed by atoms with van der Waals surface area (Å²) in [5.41, 5.74) is 0.910. The quantitative estimate of drug-likeness (QED) is 0.903. The highest BCUT2D eigenvalue weighted by Crippen LogP contribution is 2.35. The molecule has 0 fully saturated rings. The van der Waals surface area contributed by atoms with Crippen LogP contribution < -0.4 is 14.8 Å². The van der Waals surface area contributed by atoms with Crippen LogP contribution in [0.2, 0.25) is 0 Å². The first-order valence-electron chi connectivity index (χ1n) is 5.02. The van der Waals surface area contributed by atoms with Crippen molar-refractivity contribution in [2.75, 3.05) is 26.6 Å². The molecule has 1 heterocycles. The predicted octanol–water partition coefficient (Wildman–Crippen LogP) is 2.26. The van der Waals surface area contributed by atoms with E-state index in [1.165, 1.54) is 11.3 Å². The number of rotatable bonds is 4. The van der Waals surface area contributed by atoms with Gasteiger partial charge in [0.2, 0.25) is 5.13 Å². The summed E-state index contributed by atoms with van der Waals surface area (Å²) >= 11 is 1.47. The molecule has 0 bridgehead atoms. The SMILES string of the molecule is CNc1nnc(-c2ccc(OC)cc2OC)s1. The maximum absolute atomic E-state index is 5.32. The first-order chi connectivity index (χ1) is 8.28. The van der Waals surface area contributed by atoms with Gasteiger partial charge in [-0.2, -0.15) is 0 Å². The Morgan fingerprint density at radius 3 is 2.59 bits per heavy atom. The Morgan fingerprint density at radius 1 is 1.18 bits per heavy atom. The van der Waals surface area contributed by atoms with Crippen molar-refractivity contribution in [2.45, 2.75) is 0 Å². The van der Waals surface area contributed by atoms with Crippen molar-refractivity contribution in [1.82, 2.24) is 10.2 Å². The van der Waals surface area contributed by atoms with Gasteiger partial charge in [0.05, 0.1) is 19.8 Å². The van der Waals surface area contributed by atoms with E-state index >= 15 is 0 Å². The van der Waals surface area contributed by atoms with Crippen LogP contribution in [-0.2, 0) is 0 Å². The molecular formula is C11H13N3O2S. The number of hydrogen-bond donors (Lipinski definition) is 1. The maximum atomic E-state index is 5.32. The Morgan fingerprint density at radius 2 is 2.00 bits per heavy atom. The van der Waals surface area contributed by atoms with E-state index < -0.39 is 0 Å². The summed E-state index contributed by atoms with van der Waals surface area (Å²) in [6, 6.07) is 5.62. The number of anilines is 1. The highest BCUT2D eigenvalue weighted by molar-refractivity contribution is 7.18. The Kier molecular flexibility index (Phi) is 3.43. The first-order valence-corrected chi connectivity index (χ1v) is 5.83. The molecule has 1 aromatic carbocycles. The van der Waals surface area contributed by atoms with E-state index in [2.05, 4.69) is 15.5 Å². The van der Waals surface area contributed by atoms with Gasteiger partial charge in [0, 0.05) is 13.1 Å². The minimum Gasteiger partial charge on any atom is -0.497 e.